The zero-order valence-corrected chi connectivity index (χ0v) is 57.6. The van der Waals surface area contributed by atoms with E-state index in [1.54, 1.807) is 35.1 Å². The number of nitrogens with zero attached hydrogens (tertiary/aromatic N) is 6. The van der Waals surface area contributed by atoms with Crippen LogP contribution in [0.2, 0.25) is 0 Å². The number of benzene rings is 3. The molecule has 4 aromatic rings. The molecule has 25 heteroatoms. The monoisotopic (exact) mass is 1380 g/mol. The number of aromatic nitrogens is 3. The second kappa shape index (κ2) is 35.4. The third-order valence-corrected chi connectivity index (χ3v) is 21.5. The highest BCUT2D eigenvalue weighted by Crippen LogP contribution is 2.39. The minimum absolute atomic E-state index is 0.0844. The molecule has 7 aliphatic rings. The van der Waals surface area contributed by atoms with E-state index in [0.29, 0.717) is 126 Å². The number of halogens is 2. The number of aryl methyl sites for hydroxylation is 1. The van der Waals surface area contributed by atoms with E-state index in [1.165, 1.54) is 25.0 Å². The van der Waals surface area contributed by atoms with E-state index in [9.17, 15) is 56.2 Å². The molecular weight excluding hydrogens is 1280 g/mol. The molecule has 3 aromatic carbocycles. The van der Waals surface area contributed by atoms with E-state index in [4.69, 9.17) is 14.2 Å². The molecule has 3 saturated carbocycles. The number of amides is 6. The third kappa shape index (κ3) is 23.0. The van der Waals surface area contributed by atoms with Crippen molar-refractivity contribution in [1.82, 2.24) is 30.9 Å². The molecule has 0 spiro atoms. The van der Waals surface area contributed by atoms with Crippen LogP contribution < -0.4 is 30.2 Å². The van der Waals surface area contributed by atoms with Crippen molar-refractivity contribution in [2.45, 2.75) is 211 Å². The smallest absolute Gasteiger partial charge is 0.229 e. The Morgan fingerprint density at radius 1 is 0.653 bits per heavy atom. The third-order valence-electron chi connectivity index (χ3n) is 19.7. The number of nitrogens with one attached hydrogen (secondary N) is 3. The Labute approximate surface area is 573 Å². The Bertz CT molecular complexity index is 3630. The van der Waals surface area contributed by atoms with Gasteiger partial charge in [-0.2, -0.15) is 5.11 Å². The van der Waals surface area contributed by atoms with E-state index < -0.39 is 32.7 Å². The number of piperidine rings is 3. The van der Waals surface area contributed by atoms with Crippen LogP contribution in [0.25, 0.3) is 0 Å². The van der Waals surface area contributed by atoms with Gasteiger partial charge in [0.15, 0.2) is 33.0 Å². The summed E-state index contributed by atoms with van der Waals surface area (Å²) in [4.78, 5) is 69.3. The van der Waals surface area contributed by atoms with Crippen LogP contribution in [0.15, 0.2) is 94.5 Å². The van der Waals surface area contributed by atoms with Gasteiger partial charge >= 0.3 is 0 Å². The fourth-order valence-electron chi connectivity index (χ4n) is 12.5. The fourth-order valence-corrected chi connectivity index (χ4v) is 14.1. The van der Waals surface area contributed by atoms with Crippen LogP contribution in [0, 0.1) is 47.1 Å². The average Bonchev–Trinajstić information content (AvgIpc) is 1.50. The molecule has 6 amide bonds. The molecule has 7 atom stereocenters. The standard InChI is InChI=1S/2C25H33FN4O4.C23H31NO5S/c1-2-25(33,19-10-11-21(26)22(13-19)34-15-17-7-8-17)16-30-20(14-27-29-30)6-4-3-5-18-9-12-23(31)28-24(18)32;1-2-25(33,18-10-11-19(26)22(13-18)34-15-16-7-8-16)14-21-20(28-30-29-21)6-4-3-5-17-9-12-23(31)27-24(17)32;1-17(20-7-5-8-21(14-20)29-15-18-9-10-18)16-30(27,28)13-4-2-3-6-19-11-12-22(25)24-23(19)26/h10-11,13-14,17-18,33H,2-9,12,15-16H2,1H3,(H,28,31,32);10-11,13,16-17,21,33H,2-9,12,14-15H2,1H3,(H,27,31,32);2-3,5,7-8,14,17-19H,4,6,9-13,15-16H2,1H3,(H,24,25,26)/b;;3-2+/t18?,25-;17?,21?,25-;17-,19?/m000/s1. The highest BCUT2D eigenvalue weighted by atomic mass is 32.2. The van der Waals surface area contributed by atoms with E-state index in [2.05, 4.69) is 41.7 Å². The lowest BCUT2D eigenvalue weighted by Crippen LogP contribution is -2.40. The van der Waals surface area contributed by atoms with Gasteiger partial charge in [-0.05, 0) is 204 Å². The highest BCUT2D eigenvalue weighted by molar-refractivity contribution is 7.91. The first kappa shape index (κ1) is 74.6. The Morgan fingerprint density at radius 3 is 1.72 bits per heavy atom. The predicted octanol–water partition coefficient (Wildman–Crippen LogP) is 11.1. The van der Waals surface area contributed by atoms with Gasteiger partial charge in [-0.25, -0.2) is 21.9 Å². The van der Waals surface area contributed by atoms with Crippen LogP contribution in [-0.2, 0) is 62.8 Å². The topological polar surface area (TPSA) is 309 Å². The summed E-state index contributed by atoms with van der Waals surface area (Å²) < 4.78 is 72.3. The molecule has 3 saturated heterocycles. The van der Waals surface area contributed by atoms with Crippen molar-refractivity contribution >= 4 is 51.0 Å². The largest absolute Gasteiger partial charge is 0.493 e. The number of hydrogen-bond donors (Lipinski definition) is 5. The number of imide groups is 3. The van der Waals surface area contributed by atoms with Gasteiger partial charge in [0.1, 0.15) is 17.4 Å². The van der Waals surface area contributed by atoms with Gasteiger partial charge in [-0.15, -0.1) is 10.2 Å². The summed E-state index contributed by atoms with van der Waals surface area (Å²) in [6.45, 7) is 7.62. The van der Waals surface area contributed by atoms with Crippen molar-refractivity contribution in [1.29, 1.82) is 0 Å². The van der Waals surface area contributed by atoms with E-state index in [0.717, 1.165) is 93.5 Å². The summed E-state index contributed by atoms with van der Waals surface area (Å²) >= 11 is 0. The second-order valence-electron chi connectivity index (χ2n) is 27.7. The number of aliphatic hydroxyl groups is 2. The Morgan fingerprint density at radius 2 is 1.18 bits per heavy atom. The molecular formula is C73H97F2N9O13S. The fraction of sp³-hybridized carbons (Fsp3) is 0.603. The Hall–Kier alpha value is -7.64. The number of ether oxygens (including phenoxy) is 3. The van der Waals surface area contributed by atoms with Gasteiger partial charge in [0.05, 0.1) is 61.1 Å². The Balaban J connectivity index is 0.000000172. The molecule has 0 radical (unpaired) electrons. The average molecular weight is 1380 g/mol. The molecule has 6 fully saturated rings. The number of carbonyl (C=O) groups is 6. The molecule has 5 heterocycles. The minimum Gasteiger partial charge on any atom is -0.493 e. The SMILES string of the molecule is CC[C@](O)(CC1N=NN=C1CCCCC1CCC(=O)NC1=O)c1ccc(F)c(OCC2CC2)c1.CC[C@](O)(Cn1nncc1CCCCC1CCC(=O)NC1=O)c1ccc(F)c(OCC2CC2)c1.C[C@@H](CS(=O)(=O)CC/C=C/CC1CCC(=O)NC1=O)c1cccc(OCC2CC2)c1. The molecule has 11 rings (SSSR count). The first-order valence-corrected chi connectivity index (χ1v) is 37.1. The molecule has 4 aliphatic heterocycles. The summed E-state index contributed by atoms with van der Waals surface area (Å²) in [6.07, 6.45) is 23.5. The molecule has 5 N–H and O–H groups in total. The summed E-state index contributed by atoms with van der Waals surface area (Å²) in [5.74, 6) is 0.420. The number of carbonyl (C=O) groups excluding carboxylic acids is 6. The Kier molecular flexibility index (Phi) is 27.0. The predicted molar refractivity (Wildman–Crippen MR) is 362 cm³/mol. The molecule has 0 bridgehead atoms. The molecule has 532 valence electrons. The summed E-state index contributed by atoms with van der Waals surface area (Å²) in [6, 6.07) is 16.5. The number of unbranched alkanes of at least 4 members (excludes halogenated alkanes) is 2. The lowest BCUT2D eigenvalue weighted by molar-refractivity contribution is -0.138. The molecule has 3 aliphatic carbocycles. The summed E-state index contributed by atoms with van der Waals surface area (Å²) in [5.41, 5.74) is 1.39. The van der Waals surface area contributed by atoms with Crippen LogP contribution >= 0.6 is 0 Å². The highest BCUT2D eigenvalue weighted by Gasteiger charge is 2.37. The number of sulfone groups is 1. The van der Waals surface area contributed by atoms with Crippen LogP contribution in [0.5, 0.6) is 17.2 Å². The van der Waals surface area contributed by atoms with Crippen molar-refractivity contribution < 1.29 is 70.4 Å². The van der Waals surface area contributed by atoms with Gasteiger partial charge in [0.25, 0.3) is 0 Å². The lowest BCUT2D eigenvalue weighted by Gasteiger charge is -2.29. The number of allylic oxidation sites excluding steroid dienone is 2. The normalized spacial score (nSPS) is 21.7. The van der Waals surface area contributed by atoms with Gasteiger partial charge in [-0.3, -0.25) is 44.7 Å². The van der Waals surface area contributed by atoms with Crippen molar-refractivity contribution in [3.63, 3.8) is 0 Å². The van der Waals surface area contributed by atoms with Gasteiger partial charge < -0.3 is 24.4 Å². The maximum absolute atomic E-state index is 14.2. The van der Waals surface area contributed by atoms with Crippen LogP contribution in [0.4, 0.5) is 8.78 Å². The summed E-state index contributed by atoms with van der Waals surface area (Å²) in [7, 11) is -3.20. The quantitative estimate of drug-likeness (QED) is 0.0162. The minimum atomic E-state index is -3.20. The van der Waals surface area contributed by atoms with E-state index >= 15 is 0 Å². The molecule has 1 aromatic heterocycles. The number of hydrogen-bond acceptors (Lipinski definition) is 18. The van der Waals surface area contributed by atoms with Gasteiger partial charge in [-0.1, -0.05) is 75.2 Å². The van der Waals surface area contributed by atoms with E-state index in [1.807, 2.05) is 57.2 Å². The first-order chi connectivity index (χ1) is 47.1. The van der Waals surface area contributed by atoms with Crippen LogP contribution in [0.3, 0.4) is 0 Å². The van der Waals surface area contributed by atoms with Crippen LogP contribution in [-0.4, -0.2) is 112 Å². The molecule has 22 nitrogen and oxygen atoms in total. The van der Waals surface area contributed by atoms with Crippen molar-refractivity contribution in [3.8, 4) is 17.2 Å². The first-order valence-electron chi connectivity index (χ1n) is 35.3. The lowest BCUT2D eigenvalue weighted by atomic mass is 9.83. The van der Waals surface area contributed by atoms with Gasteiger partial charge in [0, 0.05) is 43.4 Å². The number of rotatable bonds is 35. The van der Waals surface area contributed by atoms with Gasteiger partial charge in [0.2, 0.25) is 35.4 Å². The molecule has 4 unspecified atom stereocenters. The zero-order valence-electron chi connectivity index (χ0n) is 56.8. The second-order valence-corrected chi connectivity index (χ2v) is 30.0. The zero-order chi connectivity index (χ0) is 69.8. The maximum atomic E-state index is 14.2. The van der Waals surface area contributed by atoms with Crippen molar-refractivity contribution in [3.05, 3.63) is 113 Å². The van der Waals surface area contributed by atoms with Crippen molar-refractivity contribution in [2.24, 2.45) is 50.9 Å². The molecule has 98 heavy (non-hydrogen) atoms. The van der Waals surface area contributed by atoms with E-state index in [-0.39, 0.29) is 94.7 Å². The summed E-state index contributed by atoms with van der Waals surface area (Å²) in [5, 5.41) is 50.5. The maximum Gasteiger partial charge on any atom is 0.229 e. The van der Waals surface area contributed by atoms with Crippen LogP contribution in [0.1, 0.15) is 203 Å². The van der Waals surface area contributed by atoms with Crippen molar-refractivity contribution in [2.75, 3.05) is 31.3 Å².